The van der Waals surface area contributed by atoms with Crippen LogP contribution in [0.2, 0.25) is 5.02 Å². The van der Waals surface area contributed by atoms with Gasteiger partial charge in [-0.15, -0.1) is 12.6 Å². The summed E-state index contributed by atoms with van der Waals surface area (Å²) in [6.45, 7) is 0.406. The molecule has 25 heavy (non-hydrogen) atoms. The number of nitrogens with one attached hydrogen (secondary N) is 2. The lowest BCUT2D eigenvalue weighted by Crippen LogP contribution is -2.28. The lowest BCUT2D eigenvalue weighted by atomic mass is 10.1. The number of fused-ring (bicyclic) bond motifs is 1. The van der Waals surface area contributed by atoms with Crippen LogP contribution >= 0.6 is 24.2 Å². The first-order valence-electron chi connectivity index (χ1n) is 7.49. The van der Waals surface area contributed by atoms with Gasteiger partial charge in [0.1, 0.15) is 0 Å². The van der Waals surface area contributed by atoms with Crippen LogP contribution in [-0.4, -0.2) is 28.3 Å². The van der Waals surface area contributed by atoms with E-state index in [1.807, 2.05) is 18.2 Å². The quantitative estimate of drug-likeness (QED) is 0.516. The van der Waals surface area contributed by atoms with Crippen molar-refractivity contribution in [2.24, 2.45) is 5.73 Å². The number of carbonyl (C=O) groups excluding carboxylic acids is 2. The van der Waals surface area contributed by atoms with E-state index in [-0.39, 0.29) is 17.0 Å². The first-order valence-corrected chi connectivity index (χ1v) is 8.32. The minimum Gasteiger partial charge on any atom is -0.366 e. The van der Waals surface area contributed by atoms with Crippen LogP contribution in [0.3, 0.4) is 0 Å². The number of amides is 2. The van der Waals surface area contributed by atoms with Crippen molar-refractivity contribution in [2.45, 2.75) is 11.6 Å². The number of carbonyl (C=O) groups is 2. The summed E-state index contributed by atoms with van der Waals surface area (Å²) in [4.78, 5) is 31.1. The van der Waals surface area contributed by atoms with E-state index in [1.54, 1.807) is 6.07 Å². The molecule has 2 aromatic carbocycles. The number of imidazole rings is 1. The number of rotatable bonds is 5. The van der Waals surface area contributed by atoms with Crippen molar-refractivity contribution in [3.63, 3.8) is 0 Å². The Hall–Kier alpha value is -2.51. The fourth-order valence-electron chi connectivity index (χ4n) is 2.53. The van der Waals surface area contributed by atoms with E-state index in [4.69, 9.17) is 17.3 Å². The second-order valence-electron chi connectivity index (χ2n) is 5.47. The van der Waals surface area contributed by atoms with E-state index in [0.717, 1.165) is 16.6 Å². The largest absolute Gasteiger partial charge is 0.366 e. The maximum atomic E-state index is 12.3. The molecule has 128 valence electrons. The number of thiol groups is 1. The third kappa shape index (κ3) is 3.94. The zero-order chi connectivity index (χ0) is 18.0. The number of nitrogens with two attached hydrogens (primary N) is 1. The number of H-pyrrole nitrogens is 1. The number of aromatic amines is 1. The fourth-order valence-corrected chi connectivity index (χ4v) is 2.93. The molecule has 1 aromatic heterocycles. The van der Waals surface area contributed by atoms with Crippen LogP contribution in [0.1, 0.15) is 26.3 Å². The molecule has 0 atom stereocenters. The van der Waals surface area contributed by atoms with Gasteiger partial charge in [-0.05, 0) is 42.3 Å². The van der Waals surface area contributed by atoms with Gasteiger partial charge >= 0.3 is 0 Å². The highest BCUT2D eigenvalue weighted by atomic mass is 35.5. The molecule has 0 aliphatic heterocycles. The Bertz CT molecular complexity index is 970. The van der Waals surface area contributed by atoms with Crippen LogP contribution in [0.25, 0.3) is 11.0 Å². The minimum atomic E-state index is -0.695. The number of hydrogen-bond donors (Lipinski definition) is 4. The molecule has 3 rings (SSSR count). The lowest BCUT2D eigenvalue weighted by molar-refractivity contribution is 0.0936. The number of halogens is 1. The summed E-state index contributed by atoms with van der Waals surface area (Å²) in [5.74, 6) is -1.07. The van der Waals surface area contributed by atoms with Crippen molar-refractivity contribution in [2.75, 3.05) is 6.54 Å². The van der Waals surface area contributed by atoms with Crippen LogP contribution < -0.4 is 11.1 Å². The van der Waals surface area contributed by atoms with Crippen molar-refractivity contribution >= 4 is 47.1 Å². The molecule has 0 bridgehead atoms. The molecule has 6 nitrogen and oxygen atoms in total. The van der Waals surface area contributed by atoms with Crippen molar-refractivity contribution in [3.8, 4) is 0 Å². The third-order valence-corrected chi connectivity index (χ3v) is 4.17. The van der Waals surface area contributed by atoms with Gasteiger partial charge in [0, 0.05) is 11.6 Å². The highest BCUT2D eigenvalue weighted by Crippen LogP contribution is 2.17. The van der Waals surface area contributed by atoms with Crippen LogP contribution in [0, 0.1) is 0 Å². The Morgan fingerprint density at radius 3 is 2.76 bits per heavy atom. The second kappa shape index (κ2) is 7.16. The maximum absolute atomic E-state index is 12.3. The zero-order valence-corrected chi connectivity index (χ0v) is 14.7. The molecule has 0 saturated heterocycles. The average molecular weight is 375 g/mol. The van der Waals surface area contributed by atoms with Gasteiger partial charge < -0.3 is 16.0 Å². The molecule has 0 aliphatic carbocycles. The topological polar surface area (TPSA) is 101 Å². The second-order valence-corrected chi connectivity index (χ2v) is 6.33. The molecular weight excluding hydrogens is 360 g/mol. The summed E-state index contributed by atoms with van der Waals surface area (Å²) >= 11 is 10.0. The molecule has 3 aromatic rings. The Kier molecular flexibility index (Phi) is 4.96. The zero-order valence-electron chi connectivity index (χ0n) is 13.0. The molecular formula is C17H15ClN4O2S. The van der Waals surface area contributed by atoms with Gasteiger partial charge in [0.2, 0.25) is 5.91 Å². The molecule has 0 fully saturated rings. The predicted molar refractivity (Wildman–Crippen MR) is 99.4 cm³/mol. The molecule has 0 unspecified atom stereocenters. The van der Waals surface area contributed by atoms with Gasteiger partial charge in [0.15, 0.2) is 5.16 Å². The van der Waals surface area contributed by atoms with Gasteiger partial charge in [-0.3, -0.25) is 9.59 Å². The summed E-state index contributed by atoms with van der Waals surface area (Å²) in [6, 6.07) is 10.2. The highest BCUT2D eigenvalue weighted by Gasteiger charge is 2.15. The summed E-state index contributed by atoms with van der Waals surface area (Å²) in [5, 5.41) is 3.69. The van der Waals surface area contributed by atoms with E-state index < -0.39 is 5.91 Å². The van der Waals surface area contributed by atoms with Gasteiger partial charge in [0.05, 0.1) is 22.2 Å². The number of aromatic nitrogens is 2. The standard InChI is InChI=1S/C17H15ClN4O2S/c18-10-2-3-11(12(8-10)15(19)23)16(24)20-6-5-9-1-4-13-14(7-9)22-17(25)21-13/h1-4,7-8H,5-6H2,(H2,19,23)(H,20,24)(H2,21,22,25). The fraction of sp³-hybridized carbons (Fsp3) is 0.118. The first-order chi connectivity index (χ1) is 11.9. The molecule has 0 aliphatic rings. The predicted octanol–water partition coefficient (Wildman–Crippen LogP) is 2.58. The number of benzene rings is 2. The van der Waals surface area contributed by atoms with E-state index in [1.165, 1.54) is 12.1 Å². The third-order valence-electron chi connectivity index (χ3n) is 3.73. The van der Waals surface area contributed by atoms with E-state index in [0.29, 0.717) is 23.1 Å². The molecule has 0 saturated carbocycles. The van der Waals surface area contributed by atoms with Crippen molar-refractivity contribution in [3.05, 3.63) is 58.1 Å². The van der Waals surface area contributed by atoms with Crippen LogP contribution in [0.15, 0.2) is 41.6 Å². The number of primary amides is 1. The summed E-state index contributed by atoms with van der Waals surface area (Å²) in [7, 11) is 0. The van der Waals surface area contributed by atoms with E-state index in [9.17, 15) is 9.59 Å². The SMILES string of the molecule is NC(=O)c1cc(Cl)ccc1C(=O)NCCc1ccc2[nH]c(S)nc2c1. The summed E-state index contributed by atoms with van der Waals surface area (Å²) in [6.07, 6.45) is 0.621. The molecule has 1 heterocycles. The molecule has 0 radical (unpaired) electrons. The van der Waals surface area contributed by atoms with Crippen molar-refractivity contribution in [1.29, 1.82) is 0 Å². The van der Waals surface area contributed by atoms with Crippen LogP contribution in [0.4, 0.5) is 0 Å². The van der Waals surface area contributed by atoms with Gasteiger partial charge in [-0.25, -0.2) is 4.98 Å². The van der Waals surface area contributed by atoms with Crippen molar-refractivity contribution in [1.82, 2.24) is 15.3 Å². The van der Waals surface area contributed by atoms with E-state index in [2.05, 4.69) is 27.9 Å². The van der Waals surface area contributed by atoms with E-state index >= 15 is 0 Å². The first kappa shape index (κ1) is 17.3. The Balaban J connectivity index is 1.67. The number of hydrogen-bond acceptors (Lipinski definition) is 4. The molecule has 0 spiro atoms. The van der Waals surface area contributed by atoms with Crippen molar-refractivity contribution < 1.29 is 9.59 Å². The van der Waals surface area contributed by atoms with Gasteiger partial charge in [-0.2, -0.15) is 0 Å². The maximum Gasteiger partial charge on any atom is 0.252 e. The normalized spacial score (nSPS) is 10.8. The van der Waals surface area contributed by atoms with Crippen LogP contribution in [-0.2, 0) is 6.42 Å². The van der Waals surface area contributed by atoms with Crippen LogP contribution in [0.5, 0.6) is 0 Å². The monoisotopic (exact) mass is 374 g/mol. The van der Waals surface area contributed by atoms with Gasteiger partial charge in [0.25, 0.3) is 5.91 Å². The summed E-state index contributed by atoms with van der Waals surface area (Å²) in [5.41, 5.74) is 8.37. The highest BCUT2D eigenvalue weighted by molar-refractivity contribution is 7.80. The smallest absolute Gasteiger partial charge is 0.252 e. The molecule has 2 amide bonds. The Morgan fingerprint density at radius 2 is 2.00 bits per heavy atom. The van der Waals surface area contributed by atoms with Gasteiger partial charge in [-0.1, -0.05) is 17.7 Å². The Morgan fingerprint density at radius 1 is 1.20 bits per heavy atom. The lowest BCUT2D eigenvalue weighted by Gasteiger charge is -2.09. The molecule has 4 N–H and O–H groups in total. The summed E-state index contributed by atoms with van der Waals surface area (Å²) < 4.78 is 0. The average Bonchev–Trinajstić information content (AvgIpc) is 2.93. The Labute approximate surface area is 154 Å². The number of nitrogens with zero attached hydrogens (tertiary/aromatic N) is 1. The minimum absolute atomic E-state index is 0.101. The molecule has 8 heteroatoms.